The summed E-state index contributed by atoms with van der Waals surface area (Å²) >= 11 is 0. The van der Waals surface area contributed by atoms with Crippen molar-refractivity contribution in [3.05, 3.63) is 0 Å². The third kappa shape index (κ3) is 5.59. The van der Waals surface area contributed by atoms with Crippen molar-refractivity contribution in [1.82, 2.24) is 5.32 Å². The monoisotopic (exact) mass is 171 g/mol. The molecular formula is C11H25N. The fourth-order valence-corrected chi connectivity index (χ4v) is 1.48. The first-order valence-corrected chi connectivity index (χ1v) is 5.47. The highest BCUT2D eigenvalue weighted by Gasteiger charge is 2.04. The van der Waals surface area contributed by atoms with E-state index in [9.17, 15) is 0 Å². The van der Waals surface area contributed by atoms with Gasteiger partial charge in [0.25, 0.3) is 0 Å². The predicted octanol–water partition coefficient (Wildman–Crippen LogP) is 3.20. The maximum atomic E-state index is 3.59. The Morgan fingerprint density at radius 1 is 1.08 bits per heavy atom. The molecule has 0 saturated heterocycles. The van der Waals surface area contributed by atoms with E-state index in [4.69, 9.17) is 0 Å². The van der Waals surface area contributed by atoms with Gasteiger partial charge in [0.05, 0.1) is 0 Å². The topological polar surface area (TPSA) is 12.0 Å². The molecule has 0 aliphatic heterocycles. The molecular weight excluding hydrogens is 146 g/mol. The van der Waals surface area contributed by atoms with E-state index in [1.54, 1.807) is 0 Å². The van der Waals surface area contributed by atoms with Crippen molar-refractivity contribution in [2.24, 2.45) is 5.92 Å². The smallest absolute Gasteiger partial charge is 0.00387 e. The van der Waals surface area contributed by atoms with Gasteiger partial charge in [0.1, 0.15) is 0 Å². The second-order valence-electron chi connectivity index (χ2n) is 3.78. The first-order chi connectivity index (χ1) is 5.74. The van der Waals surface area contributed by atoms with Gasteiger partial charge in [-0.15, -0.1) is 0 Å². The van der Waals surface area contributed by atoms with Crippen LogP contribution in [0.25, 0.3) is 0 Å². The number of hydrogen-bond acceptors (Lipinski definition) is 1. The van der Waals surface area contributed by atoms with Gasteiger partial charge in [0, 0.05) is 6.04 Å². The second-order valence-corrected chi connectivity index (χ2v) is 3.78. The Morgan fingerprint density at radius 2 is 1.67 bits per heavy atom. The quantitative estimate of drug-likeness (QED) is 0.620. The van der Waals surface area contributed by atoms with Crippen molar-refractivity contribution in [1.29, 1.82) is 0 Å². The molecule has 0 rings (SSSR count). The van der Waals surface area contributed by atoms with E-state index in [0.29, 0.717) is 6.04 Å². The molecule has 74 valence electrons. The van der Waals surface area contributed by atoms with Gasteiger partial charge in [0.15, 0.2) is 0 Å². The molecule has 1 atom stereocenters. The summed E-state index contributed by atoms with van der Waals surface area (Å²) in [6.45, 7) is 10.3. The van der Waals surface area contributed by atoms with E-state index < -0.39 is 0 Å². The highest BCUT2D eigenvalue weighted by molar-refractivity contribution is 4.64. The first kappa shape index (κ1) is 12.0. The van der Waals surface area contributed by atoms with Crippen LogP contribution in [0.3, 0.4) is 0 Å². The number of rotatable bonds is 7. The molecule has 0 aromatic heterocycles. The summed E-state index contributed by atoms with van der Waals surface area (Å²) in [4.78, 5) is 0. The maximum Gasteiger partial charge on any atom is 0.00387 e. The van der Waals surface area contributed by atoms with Crippen LogP contribution in [0, 0.1) is 5.92 Å². The van der Waals surface area contributed by atoms with Gasteiger partial charge in [-0.1, -0.05) is 40.0 Å². The third-order valence-electron chi connectivity index (χ3n) is 2.63. The molecule has 1 N–H and O–H groups in total. The molecule has 0 heterocycles. The lowest BCUT2D eigenvalue weighted by atomic mass is 10.0. The lowest BCUT2D eigenvalue weighted by Crippen LogP contribution is -2.30. The van der Waals surface area contributed by atoms with Gasteiger partial charge in [-0.25, -0.2) is 0 Å². The highest BCUT2D eigenvalue weighted by Crippen LogP contribution is 2.06. The highest BCUT2D eigenvalue weighted by atomic mass is 14.9. The lowest BCUT2D eigenvalue weighted by molar-refractivity contribution is 0.406. The molecule has 0 aliphatic rings. The van der Waals surface area contributed by atoms with Crippen LogP contribution >= 0.6 is 0 Å². The van der Waals surface area contributed by atoms with Crippen LogP contribution in [0.1, 0.15) is 53.4 Å². The Balaban J connectivity index is 3.37. The van der Waals surface area contributed by atoms with Crippen molar-refractivity contribution in [3.63, 3.8) is 0 Å². The van der Waals surface area contributed by atoms with Crippen molar-refractivity contribution in [2.45, 2.75) is 59.4 Å². The van der Waals surface area contributed by atoms with Gasteiger partial charge in [-0.05, 0) is 25.8 Å². The van der Waals surface area contributed by atoms with Crippen LogP contribution in [-0.2, 0) is 0 Å². The van der Waals surface area contributed by atoms with E-state index in [-0.39, 0.29) is 0 Å². The summed E-state index contributed by atoms with van der Waals surface area (Å²) in [5.41, 5.74) is 0. The van der Waals surface area contributed by atoms with Crippen LogP contribution in [0.15, 0.2) is 0 Å². The first-order valence-electron chi connectivity index (χ1n) is 5.47. The van der Waals surface area contributed by atoms with Gasteiger partial charge < -0.3 is 5.32 Å². The molecule has 0 unspecified atom stereocenters. The Kier molecular flexibility index (Phi) is 7.58. The van der Waals surface area contributed by atoms with Crippen LogP contribution in [0.5, 0.6) is 0 Å². The zero-order valence-electron chi connectivity index (χ0n) is 9.19. The van der Waals surface area contributed by atoms with E-state index in [1.807, 2.05) is 0 Å². The molecule has 0 fully saturated rings. The van der Waals surface area contributed by atoms with Crippen LogP contribution in [0.2, 0.25) is 0 Å². The van der Waals surface area contributed by atoms with Crippen LogP contribution in [-0.4, -0.2) is 12.6 Å². The van der Waals surface area contributed by atoms with Gasteiger partial charge in [0.2, 0.25) is 0 Å². The SMILES string of the molecule is CCC[C@H](C)NCC(CC)CC. The number of hydrogen-bond donors (Lipinski definition) is 1. The van der Waals surface area contributed by atoms with E-state index in [2.05, 4.69) is 33.0 Å². The van der Waals surface area contributed by atoms with E-state index in [0.717, 1.165) is 5.92 Å². The molecule has 0 spiro atoms. The van der Waals surface area contributed by atoms with Crippen LogP contribution < -0.4 is 5.32 Å². The third-order valence-corrected chi connectivity index (χ3v) is 2.63. The zero-order valence-corrected chi connectivity index (χ0v) is 9.19. The fraction of sp³-hybridized carbons (Fsp3) is 1.00. The molecule has 0 bridgehead atoms. The van der Waals surface area contributed by atoms with Gasteiger partial charge >= 0.3 is 0 Å². The average Bonchev–Trinajstić information content (AvgIpc) is 2.07. The normalized spacial score (nSPS) is 13.8. The molecule has 0 amide bonds. The minimum atomic E-state index is 0.704. The Labute approximate surface area is 77.9 Å². The van der Waals surface area contributed by atoms with Crippen molar-refractivity contribution in [3.8, 4) is 0 Å². The summed E-state index contributed by atoms with van der Waals surface area (Å²) in [5, 5.41) is 3.59. The van der Waals surface area contributed by atoms with E-state index in [1.165, 1.54) is 32.2 Å². The average molecular weight is 171 g/mol. The summed E-state index contributed by atoms with van der Waals surface area (Å²) in [5.74, 6) is 0.879. The molecule has 0 aliphatic carbocycles. The molecule has 1 heteroatoms. The van der Waals surface area contributed by atoms with Crippen molar-refractivity contribution in [2.75, 3.05) is 6.54 Å². The minimum Gasteiger partial charge on any atom is -0.314 e. The van der Waals surface area contributed by atoms with Crippen molar-refractivity contribution < 1.29 is 0 Å². The summed E-state index contributed by atoms with van der Waals surface area (Å²) in [7, 11) is 0. The second kappa shape index (κ2) is 7.60. The molecule has 1 nitrogen and oxygen atoms in total. The van der Waals surface area contributed by atoms with Gasteiger partial charge in [-0.3, -0.25) is 0 Å². The summed E-state index contributed by atoms with van der Waals surface area (Å²) in [6, 6.07) is 0.704. The van der Waals surface area contributed by atoms with E-state index >= 15 is 0 Å². The summed E-state index contributed by atoms with van der Waals surface area (Å²) < 4.78 is 0. The largest absolute Gasteiger partial charge is 0.314 e. The Morgan fingerprint density at radius 3 is 2.08 bits per heavy atom. The minimum absolute atomic E-state index is 0.704. The summed E-state index contributed by atoms with van der Waals surface area (Å²) in [6.07, 6.45) is 5.21. The molecule has 0 saturated carbocycles. The zero-order chi connectivity index (χ0) is 9.40. The van der Waals surface area contributed by atoms with Gasteiger partial charge in [-0.2, -0.15) is 0 Å². The lowest BCUT2D eigenvalue weighted by Gasteiger charge is -2.17. The standard InChI is InChI=1S/C11H25N/c1-5-8-10(4)12-9-11(6-2)7-3/h10-12H,5-9H2,1-4H3/t10-/m0/s1. The van der Waals surface area contributed by atoms with Crippen LogP contribution in [0.4, 0.5) is 0 Å². The molecule has 0 aromatic carbocycles. The molecule has 12 heavy (non-hydrogen) atoms. The van der Waals surface area contributed by atoms with Crippen molar-refractivity contribution >= 4 is 0 Å². The predicted molar refractivity (Wildman–Crippen MR) is 56.4 cm³/mol. The Bertz CT molecular complexity index is 87.0. The molecule has 0 aromatic rings. The Hall–Kier alpha value is -0.0400. The molecule has 0 radical (unpaired) electrons. The fourth-order valence-electron chi connectivity index (χ4n) is 1.48. The number of nitrogens with one attached hydrogen (secondary N) is 1. The maximum absolute atomic E-state index is 3.59.